The van der Waals surface area contributed by atoms with E-state index in [2.05, 4.69) is 9.97 Å². The fourth-order valence-electron chi connectivity index (χ4n) is 1.91. The number of rotatable bonds is 1. The maximum absolute atomic E-state index is 10.6. The Morgan fingerprint density at radius 3 is 1.62 bits per heavy atom. The van der Waals surface area contributed by atoms with Crippen molar-refractivity contribution in [2.75, 3.05) is 0 Å². The predicted octanol–water partition coefficient (Wildman–Crippen LogP) is 3.65. The molecule has 0 bridgehead atoms. The molecule has 0 fully saturated rings. The normalized spacial score (nSPS) is 8.33. The Hall–Kier alpha value is -3.08. The molecule has 24 heavy (non-hydrogen) atoms. The van der Waals surface area contributed by atoms with Gasteiger partial charge >= 0.3 is 0 Å². The van der Waals surface area contributed by atoms with Gasteiger partial charge in [-0.3, -0.25) is 9.50 Å². The van der Waals surface area contributed by atoms with Crippen LogP contribution in [0.2, 0.25) is 0 Å². The second kappa shape index (κ2) is 12.5. The molecule has 0 aliphatic rings. The molecule has 5 heteroatoms. The van der Waals surface area contributed by atoms with Crippen molar-refractivity contribution in [3.05, 3.63) is 97.1 Å². The molecule has 124 valence electrons. The molecule has 2 N–H and O–H groups in total. The summed E-state index contributed by atoms with van der Waals surface area (Å²) < 4.78 is 0. The summed E-state index contributed by atoms with van der Waals surface area (Å²) in [6, 6.07) is 21.4. The average molecular weight is 324 g/mol. The molecule has 0 amide bonds. The van der Waals surface area contributed by atoms with Gasteiger partial charge in [-0.25, -0.2) is 0 Å². The molecule has 2 aromatic heterocycles. The molecular formula is C19H22BFN2O. The molecule has 0 radical (unpaired) electrons. The third-order valence-electron chi connectivity index (χ3n) is 2.94. The van der Waals surface area contributed by atoms with Crippen LogP contribution in [-0.4, -0.2) is 24.7 Å². The summed E-state index contributed by atoms with van der Waals surface area (Å²) in [6.07, 6.45) is 8.39. The van der Waals surface area contributed by atoms with Gasteiger partial charge in [0.15, 0.2) is 6.29 Å². The van der Waals surface area contributed by atoms with Crippen LogP contribution < -0.4 is 0 Å². The first-order valence-corrected chi connectivity index (χ1v) is 7.00. The highest BCUT2D eigenvalue weighted by Gasteiger charge is 1.96. The Bertz CT molecular complexity index is 705. The number of nitrogens with one attached hydrogen (secondary N) is 2. The van der Waals surface area contributed by atoms with Crippen molar-refractivity contribution in [3.8, 4) is 0 Å². The quantitative estimate of drug-likeness (QED) is 0.407. The van der Waals surface area contributed by atoms with E-state index in [0.29, 0.717) is 0 Å². The lowest BCUT2D eigenvalue weighted by Crippen LogP contribution is -1.81. The zero-order chi connectivity index (χ0) is 15.5. The number of H-pyrrole nitrogens is 2. The van der Waals surface area contributed by atoms with Crippen molar-refractivity contribution in [1.82, 2.24) is 9.97 Å². The van der Waals surface area contributed by atoms with Crippen molar-refractivity contribution >= 4 is 25.5 Å². The zero-order valence-corrected chi connectivity index (χ0v) is 12.6. The topological polar surface area (TPSA) is 48.6 Å². The van der Waals surface area contributed by atoms with Crippen LogP contribution in [0.25, 0.3) is 10.8 Å². The summed E-state index contributed by atoms with van der Waals surface area (Å²) in [5.74, 6) is 0. The fourth-order valence-corrected chi connectivity index (χ4v) is 1.91. The van der Waals surface area contributed by atoms with Gasteiger partial charge in [-0.1, -0.05) is 42.5 Å². The molecule has 2 aromatic carbocycles. The fraction of sp³-hybridized carbons (Fsp3) is 0. The molecule has 0 aliphatic heterocycles. The summed E-state index contributed by atoms with van der Waals surface area (Å²) in [5, 5.41) is 2.14. The molecule has 0 aliphatic carbocycles. The van der Waals surface area contributed by atoms with Crippen molar-refractivity contribution in [3.63, 3.8) is 0 Å². The zero-order valence-electron chi connectivity index (χ0n) is 12.6. The summed E-state index contributed by atoms with van der Waals surface area (Å²) in [5.41, 5.74) is 0.758. The second-order valence-corrected chi connectivity index (χ2v) is 4.46. The minimum absolute atomic E-state index is 0. The van der Waals surface area contributed by atoms with Crippen molar-refractivity contribution < 1.29 is 9.50 Å². The van der Waals surface area contributed by atoms with Crippen LogP contribution in [0.4, 0.5) is 4.70 Å². The number of benzene rings is 2. The number of fused-ring (bicyclic) bond motifs is 1. The summed E-state index contributed by atoms with van der Waals surface area (Å²) in [7, 11) is 0. The van der Waals surface area contributed by atoms with E-state index in [1.54, 1.807) is 0 Å². The van der Waals surface area contributed by atoms with Crippen molar-refractivity contribution in [2.24, 2.45) is 0 Å². The van der Waals surface area contributed by atoms with Crippen LogP contribution in [0.15, 0.2) is 91.5 Å². The Balaban J connectivity index is 0.000000370. The lowest BCUT2D eigenvalue weighted by molar-refractivity contribution is 0.112. The summed E-state index contributed by atoms with van der Waals surface area (Å²) >= 11 is 0. The van der Waals surface area contributed by atoms with E-state index in [1.165, 1.54) is 0 Å². The van der Waals surface area contributed by atoms with E-state index in [4.69, 9.17) is 0 Å². The molecule has 0 atom stereocenters. The minimum Gasteiger partial charge on any atom is -0.368 e. The van der Waals surface area contributed by atoms with Gasteiger partial charge in [0.25, 0.3) is 0 Å². The first-order valence-electron chi connectivity index (χ1n) is 7.00. The summed E-state index contributed by atoms with van der Waals surface area (Å²) in [6.45, 7) is 0. The van der Waals surface area contributed by atoms with Crippen molar-refractivity contribution in [2.45, 2.75) is 0 Å². The number of hydrogen-bond donors (Lipinski definition) is 2. The Morgan fingerprint density at radius 2 is 1.17 bits per heavy atom. The van der Waals surface area contributed by atoms with Crippen LogP contribution in [0.5, 0.6) is 0 Å². The summed E-state index contributed by atoms with van der Waals surface area (Å²) in [4.78, 5) is 16.3. The van der Waals surface area contributed by atoms with Gasteiger partial charge in [0.1, 0.15) is 0 Å². The van der Waals surface area contributed by atoms with Gasteiger partial charge in [-0.2, -0.15) is 0 Å². The van der Waals surface area contributed by atoms with E-state index in [9.17, 15) is 4.79 Å². The molecule has 0 unspecified atom stereocenters. The average Bonchev–Trinajstić information content (AvgIpc) is 3.32. The highest BCUT2D eigenvalue weighted by Crippen LogP contribution is 2.16. The highest BCUT2D eigenvalue weighted by atomic mass is 19.0. The highest BCUT2D eigenvalue weighted by molar-refractivity contribution is 5.97. The molecule has 3 nitrogen and oxygen atoms in total. The van der Waals surface area contributed by atoms with Gasteiger partial charge in [-0.05, 0) is 35.0 Å². The van der Waals surface area contributed by atoms with E-state index in [1.807, 2.05) is 91.5 Å². The second-order valence-electron chi connectivity index (χ2n) is 4.46. The number of aromatic amines is 2. The minimum atomic E-state index is 0. The molecule has 2 heterocycles. The third kappa shape index (κ3) is 6.79. The van der Waals surface area contributed by atoms with Gasteiger partial charge in [0.05, 0.1) is 8.41 Å². The number of hydrogen-bond acceptors (Lipinski definition) is 1. The van der Waals surface area contributed by atoms with Gasteiger partial charge in [0.2, 0.25) is 0 Å². The van der Waals surface area contributed by atoms with E-state index in [-0.39, 0.29) is 13.1 Å². The third-order valence-corrected chi connectivity index (χ3v) is 2.94. The molecule has 4 aromatic rings. The van der Waals surface area contributed by atoms with Crippen LogP contribution in [0.1, 0.15) is 10.4 Å². The number of carbonyl (C=O) groups excluding carboxylic acids is 1. The first-order chi connectivity index (χ1) is 10.9. The van der Waals surface area contributed by atoms with E-state index >= 15 is 0 Å². The van der Waals surface area contributed by atoms with Crippen LogP contribution in [0.3, 0.4) is 0 Å². The lowest BCUT2D eigenvalue weighted by Gasteiger charge is -1.98. The lowest BCUT2D eigenvalue weighted by atomic mass is 10.1. The van der Waals surface area contributed by atoms with Crippen LogP contribution in [-0.2, 0) is 0 Å². The SMILES string of the molecule is B.F.O=Cc1cccc2ccccc12.c1cc[nH]c1.c1cc[nH]c1. The molecule has 0 saturated carbocycles. The Kier molecular flexibility index (Phi) is 10.9. The molecular weight excluding hydrogens is 302 g/mol. The maximum Gasteiger partial charge on any atom is 0.150 e. The molecule has 0 spiro atoms. The van der Waals surface area contributed by atoms with Crippen LogP contribution in [0, 0.1) is 0 Å². The standard InChI is InChI=1S/C11H8O.2C4H5N.BH3.FH/c12-8-10-6-3-5-9-4-1-2-7-11(9)10;2*1-2-4-5-3-1;;/h1-8H;2*1-5H;1H3;1H. The number of aromatic nitrogens is 2. The first kappa shape index (κ1) is 20.9. The van der Waals surface area contributed by atoms with Gasteiger partial charge in [-0.15, -0.1) is 0 Å². The van der Waals surface area contributed by atoms with Gasteiger partial charge < -0.3 is 9.97 Å². The predicted molar refractivity (Wildman–Crippen MR) is 103 cm³/mol. The van der Waals surface area contributed by atoms with E-state index in [0.717, 1.165) is 22.6 Å². The largest absolute Gasteiger partial charge is 0.368 e. The molecule has 0 saturated heterocycles. The maximum atomic E-state index is 10.6. The monoisotopic (exact) mass is 324 g/mol. The number of aldehydes is 1. The van der Waals surface area contributed by atoms with Crippen LogP contribution >= 0.6 is 0 Å². The number of carbonyl (C=O) groups is 1. The molecule has 4 rings (SSSR count). The smallest absolute Gasteiger partial charge is 0.150 e. The van der Waals surface area contributed by atoms with Crippen molar-refractivity contribution in [1.29, 1.82) is 0 Å². The van der Waals surface area contributed by atoms with Gasteiger partial charge in [0, 0.05) is 30.4 Å². The Labute approximate surface area is 142 Å². The Morgan fingerprint density at radius 1 is 0.667 bits per heavy atom. The van der Waals surface area contributed by atoms with E-state index < -0.39 is 0 Å². The number of halogens is 1.